The Balaban J connectivity index is 1.90. The van der Waals surface area contributed by atoms with Crippen molar-refractivity contribution in [1.29, 1.82) is 0 Å². The summed E-state index contributed by atoms with van der Waals surface area (Å²) in [6, 6.07) is 5.83. The number of likely N-dealkylation sites (N-methyl/N-ethyl adjacent to an activating group) is 1. The minimum Gasteiger partial charge on any atom is -0.376 e. The largest absolute Gasteiger partial charge is 0.376 e. The van der Waals surface area contributed by atoms with Crippen LogP contribution in [-0.4, -0.2) is 51.5 Å². The number of ether oxygens (including phenoxy) is 1. The summed E-state index contributed by atoms with van der Waals surface area (Å²) in [6.45, 7) is 0.886. The van der Waals surface area contributed by atoms with E-state index in [9.17, 15) is 13.2 Å². The summed E-state index contributed by atoms with van der Waals surface area (Å²) in [6.07, 6.45) is 1.94. The van der Waals surface area contributed by atoms with Gasteiger partial charge in [-0.25, -0.2) is 8.42 Å². The minimum absolute atomic E-state index is 0.0297. The number of carbonyl (C=O) groups excluding carboxylic acids is 1. The summed E-state index contributed by atoms with van der Waals surface area (Å²) >= 11 is 5.74. The van der Waals surface area contributed by atoms with Gasteiger partial charge >= 0.3 is 0 Å². The molecule has 1 N–H and O–H groups in total. The number of nitrogens with zero attached hydrogens (tertiary/aromatic N) is 1. The second-order valence-corrected chi connectivity index (χ2v) is 7.64. The van der Waals surface area contributed by atoms with Crippen molar-refractivity contribution in [2.45, 2.75) is 23.8 Å². The van der Waals surface area contributed by atoms with Gasteiger partial charge in [-0.05, 0) is 37.1 Å². The van der Waals surface area contributed by atoms with Crippen LogP contribution in [0.1, 0.15) is 12.8 Å². The summed E-state index contributed by atoms with van der Waals surface area (Å²) in [5.74, 6) is -0.351. The van der Waals surface area contributed by atoms with E-state index in [1.54, 1.807) is 0 Å². The first-order valence-electron chi connectivity index (χ1n) is 7.00. The molecule has 1 aliphatic rings. The molecule has 8 heteroatoms. The molecule has 1 unspecified atom stereocenters. The lowest BCUT2D eigenvalue weighted by Gasteiger charge is -2.17. The van der Waals surface area contributed by atoms with Crippen molar-refractivity contribution in [3.63, 3.8) is 0 Å². The smallest absolute Gasteiger partial charge is 0.243 e. The van der Waals surface area contributed by atoms with Gasteiger partial charge < -0.3 is 10.1 Å². The number of hydrogen-bond acceptors (Lipinski definition) is 4. The average Bonchev–Trinajstić information content (AvgIpc) is 2.99. The van der Waals surface area contributed by atoms with Gasteiger partial charge in [0.1, 0.15) is 0 Å². The molecule has 0 saturated carbocycles. The molecule has 1 aliphatic heterocycles. The third-order valence-corrected chi connectivity index (χ3v) is 5.51. The molecule has 2 rings (SSSR count). The Morgan fingerprint density at radius 2 is 2.09 bits per heavy atom. The zero-order chi connectivity index (χ0) is 16.2. The van der Waals surface area contributed by atoms with E-state index in [0.29, 0.717) is 18.2 Å². The Morgan fingerprint density at radius 3 is 2.68 bits per heavy atom. The molecule has 22 heavy (non-hydrogen) atoms. The van der Waals surface area contributed by atoms with Crippen molar-refractivity contribution in [3.8, 4) is 0 Å². The van der Waals surface area contributed by atoms with Gasteiger partial charge in [-0.15, -0.1) is 0 Å². The Kier molecular flexibility index (Phi) is 5.80. The highest BCUT2D eigenvalue weighted by molar-refractivity contribution is 7.89. The lowest BCUT2D eigenvalue weighted by Crippen LogP contribution is -2.40. The molecule has 1 aromatic rings. The molecule has 1 saturated heterocycles. The van der Waals surface area contributed by atoms with E-state index in [1.165, 1.54) is 31.3 Å². The lowest BCUT2D eigenvalue weighted by atomic mass is 10.2. The average molecular weight is 347 g/mol. The van der Waals surface area contributed by atoms with E-state index in [4.69, 9.17) is 16.3 Å². The van der Waals surface area contributed by atoms with Crippen LogP contribution in [0.15, 0.2) is 29.2 Å². The van der Waals surface area contributed by atoms with Gasteiger partial charge in [-0.2, -0.15) is 4.31 Å². The molecule has 0 spiro atoms. The Labute approximate surface area is 135 Å². The van der Waals surface area contributed by atoms with Crippen LogP contribution in [-0.2, 0) is 19.6 Å². The van der Waals surface area contributed by atoms with Crippen LogP contribution in [0.25, 0.3) is 0 Å². The first kappa shape index (κ1) is 17.2. The van der Waals surface area contributed by atoms with E-state index in [1.807, 2.05) is 0 Å². The molecule has 122 valence electrons. The van der Waals surface area contributed by atoms with E-state index in [2.05, 4.69) is 5.32 Å². The second-order valence-electron chi connectivity index (χ2n) is 5.15. The van der Waals surface area contributed by atoms with E-state index in [0.717, 1.165) is 17.1 Å². The molecule has 0 aromatic heterocycles. The molecule has 1 atom stereocenters. The zero-order valence-corrected chi connectivity index (χ0v) is 13.9. The maximum absolute atomic E-state index is 12.3. The predicted octanol–water partition coefficient (Wildman–Crippen LogP) is 1.26. The maximum Gasteiger partial charge on any atom is 0.243 e. The Bertz CT molecular complexity index is 612. The standard InChI is InChI=1S/C14H19ClN2O4S/c1-17(10-14(18)16-9-12-3-2-8-21-12)22(19,20)13-6-4-11(15)5-7-13/h4-7,12H,2-3,8-10H2,1H3,(H,16,18). The summed E-state index contributed by atoms with van der Waals surface area (Å²) in [5, 5.41) is 3.15. The molecule has 0 bridgehead atoms. The number of amides is 1. The van der Waals surface area contributed by atoms with E-state index >= 15 is 0 Å². The van der Waals surface area contributed by atoms with Gasteiger partial charge in [0.2, 0.25) is 15.9 Å². The van der Waals surface area contributed by atoms with E-state index < -0.39 is 10.0 Å². The Hall–Kier alpha value is -1.15. The number of nitrogens with one attached hydrogen (secondary N) is 1. The highest BCUT2D eigenvalue weighted by atomic mass is 35.5. The monoisotopic (exact) mass is 346 g/mol. The minimum atomic E-state index is -3.71. The van der Waals surface area contributed by atoms with Crippen LogP contribution in [0.5, 0.6) is 0 Å². The molecular weight excluding hydrogens is 328 g/mol. The van der Waals surface area contributed by atoms with Gasteiger partial charge in [-0.3, -0.25) is 4.79 Å². The van der Waals surface area contributed by atoms with Gasteiger partial charge in [0, 0.05) is 25.2 Å². The third-order valence-electron chi connectivity index (χ3n) is 3.44. The van der Waals surface area contributed by atoms with Crippen molar-refractivity contribution in [3.05, 3.63) is 29.3 Å². The number of carbonyl (C=O) groups is 1. The normalized spacial score (nSPS) is 18.6. The highest BCUT2D eigenvalue weighted by Crippen LogP contribution is 2.17. The predicted molar refractivity (Wildman–Crippen MR) is 83.3 cm³/mol. The number of benzene rings is 1. The van der Waals surface area contributed by atoms with Crippen LogP contribution in [0.3, 0.4) is 0 Å². The Morgan fingerprint density at radius 1 is 1.41 bits per heavy atom. The molecule has 1 heterocycles. The molecule has 0 aliphatic carbocycles. The number of rotatable bonds is 6. The second kappa shape index (κ2) is 7.41. The fourth-order valence-electron chi connectivity index (χ4n) is 2.16. The molecule has 6 nitrogen and oxygen atoms in total. The van der Waals surface area contributed by atoms with Gasteiger partial charge in [0.25, 0.3) is 0 Å². The van der Waals surface area contributed by atoms with Crippen molar-refractivity contribution >= 4 is 27.5 Å². The van der Waals surface area contributed by atoms with Crippen LogP contribution in [0.4, 0.5) is 0 Å². The van der Waals surface area contributed by atoms with Crippen molar-refractivity contribution in [2.75, 3.05) is 26.7 Å². The number of halogens is 1. The summed E-state index contributed by atoms with van der Waals surface area (Å²) in [4.78, 5) is 12.0. The summed E-state index contributed by atoms with van der Waals surface area (Å²) < 4.78 is 31.0. The van der Waals surface area contributed by atoms with Crippen LogP contribution in [0, 0.1) is 0 Å². The van der Waals surface area contributed by atoms with Gasteiger partial charge in [-0.1, -0.05) is 11.6 Å². The molecule has 1 amide bonds. The third kappa shape index (κ3) is 4.42. The molecular formula is C14H19ClN2O4S. The topological polar surface area (TPSA) is 75.7 Å². The fraction of sp³-hybridized carbons (Fsp3) is 0.500. The van der Waals surface area contributed by atoms with Crippen LogP contribution >= 0.6 is 11.6 Å². The zero-order valence-electron chi connectivity index (χ0n) is 12.3. The van der Waals surface area contributed by atoms with Crippen LogP contribution in [0.2, 0.25) is 5.02 Å². The molecule has 1 fully saturated rings. The van der Waals surface area contributed by atoms with Crippen molar-refractivity contribution < 1.29 is 17.9 Å². The number of sulfonamides is 1. The summed E-state index contributed by atoms with van der Waals surface area (Å²) in [7, 11) is -2.33. The SMILES string of the molecule is CN(CC(=O)NCC1CCCO1)S(=O)(=O)c1ccc(Cl)cc1. The fourth-order valence-corrected chi connectivity index (χ4v) is 3.42. The van der Waals surface area contributed by atoms with Crippen molar-refractivity contribution in [1.82, 2.24) is 9.62 Å². The maximum atomic E-state index is 12.3. The molecule has 0 radical (unpaired) electrons. The van der Waals surface area contributed by atoms with E-state index in [-0.39, 0.29) is 23.5 Å². The quantitative estimate of drug-likeness (QED) is 0.841. The lowest BCUT2D eigenvalue weighted by molar-refractivity contribution is -0.121. The highest BCUT2D eigenvalue weighted by Gasteiger charge is 2.23. The van der Waals surface area contributed by atoms with Crippen molar-refractivity contribution in [2.24, 2.45) is 0 Å². The first-order chi connectivity index (χ1) is 10.4. The van der Waals surface area contributed by atoms with Gasteiger partial charge in [0.15, 0.2) is 0 Å². The first-order valence-corrected chi connectivity index (χ1v) is 8.81. The number of hydrogen-bond donors (Lipinski definition) is 1. The summed E-state index contributed by atoms with van der Waals surface area (Å²) in [5.41, 5.74) is 0. The van der Waals surface area contributed by atoms with Gasteiger partial charge in [0.05, 0.1) is 17.5 Å². The molecule has 1 aromatic carbocycles. The van der Waals surface area contributed by atoms with Crippen LogP contribution < -0.4 is 5.32 Å².